The molecule has 2 rings (SSSR count). The Bertz CT molecular complexity index is 619. The number of nitrogens with zero attached hydrogens (tertiary/aromatic N) is 3. The maximum absolute atomic E-state index is 12.5. The Morgan fingerprint density at radius 2 is 2.43 bits per heavy atom. The maximum atomic E-state index is 12.5. The lowest BCUT2D eigenvalue weighted by Crippen LogP contribution is -2.38. The van der Waals surface area contributed by atoms with Crippen LogP contribution in [0.4, 0.5) is 0 Å². The predicted molar refractivity (Wildman–Crippen MR) is 84.4 cm³/mol. The quantitative estimate of drug-likeness (QED) is 0.739. The molecule has 2 atom stereocenters. The molecule has 2 heterocycles. The maximum Gasteiger partial charge on any atom is 0.226 e. The molecule has 2 amide bonds. The Kier molecular flexibility index (Phi) is 5.73. The van der Waals surface area contributed by atoms with Crippen molar-refractivity contribution < 1.29 is 14.3 Å². The van der Waals surface area contributed by atoms with Crippen LogP contribution in [0.2, 0.25) is 0 Å². The molecular weight excluding hydrogens is 296 g/mol. The summed E-state index contributed by atoms with van der Waals surface area (Å²) in [7, 11) is 3.44. The highest BCUT2D eigenvalue weighted by Crippen LogP contribution is 2.37. The first-order chi connectivity index (χ1) is 11.1. The van der Waals surface area contributed by atoms with Gasteiger partial charge in [0.15, 0.2) is 0 Å². The number of methoxy groups -OCH3 is 1. The summed E-state index contributed by atoms with van der Waals surface area (Å²) in [5.41, 5.74) is 2.61. The van der Waals surface area contributed by atoms with Crippen molar-refractivity contribution in [2.75, 3.05) is 26.8 Å². The highest BCUT2D eigenvalue weighted by Gasteiger charge is 2.45. The first-order valence-corrected chi connectivity index (χ1v) is 7.47. The van der Waals surface area contributed by atoms with E-state index in [9.17, 15) is 9.59 Å². The number of hydrogen-bond donors (Lipinski definition) is 1. The van der Waals surface area contributed by atoms with Crippen molar-refractivity contribution in [2.45, 2.75) is 12.5 Å². The number of imidazole rings is 1. The van der Waals surface area contributed by atoms with E-state index in [2.05, 4.69) is 22.6 Å². The minimum Gasteiger partial charge on any atom is -0.383 e. The summed E-state index contributed by atoms with van der Waals surface area (Å²) in [6.07, 6.45) is 5.28. The Morgan fingerprint density at radius 1 is 1.65 bits per heavy atom. The molecule has 0 bridgehead atoms. The Balaban J connectivity index is 2.25. The molecule has 0 spiro atoms. The number of likely N-dealkylation sites (tertiary alicyclic amines) is 1. The molecule has 1 aromatic heterocycles. The second-order valence-electron chi connectivity index (χ2n) is 5.39. The van der Waals surface area contributed by atoms with Gasteiger partial charge in [-0.1, -0.05) is 6.58 Å². The fourth-order valence-corrected chi connectivity index (χ4v) is 2.82. The van der Waals surface area contributed by atoms with Gasteiger partial charge in [-0.2, -0.15) is 0 Å². The molecule has 0 unspecified atom stereocenters. The number of carbonyl (C=O) groups is 2. The number of rotatable bonds is 7. The van der Waals surface area contributed by atoms with E-state index in [0.717, 1.165) is 0 Å². The third-order valence-corrected chi connectivity index (χ3v) is 3.95. The number of aryl methyl sites for hydroxylation is 1. The molecule has 0 radical (unpaired) electrons. The number of nitrogens with one attached hydrogen (secondary N) is 1. The van der Waals surface area contributed by atoms with Gasteiger partial charge in [0.05, 0.1) is 12.5 Å². The molecule has 1 aromatic rings. The summed E-state index contributed by atoms with van der Waals surface area (Å²) in [5.74, 6) is -0.00253. The van der Waals surface area contributed by atoms with Gasteiger partial charge in [0.2, 0.25) is 11.8 Å². The second kappa shape index (κ2) is 7.76. The van der Waals surface area contributed by atoms with E-state index in [1.807, 2.05) is 17.8 Å². The molecule has 7 nitrogen and oxygen atoms in total. The van der Waals surface area contributed by atoms with E-state index in [4.69, 9.17) is 4.74 Å². The molecule has 1 fully saturated rings. The average molecular weight is 318 g/mol. The van der Waals surface area contributed by atoms with Crippen LogP contribution in [-0.4, -0.2) is 53.1 Å². The Hall–Kier alpha value is -2.37. The molecule has 1 N–H and O–H groups in total. The van der Waals surface area contributed by atoms with Gasteiger partial charge in [-0.25, -0.2) is 4.98 Å². The molecule has 23 heavy (non-hydrogen) atoms. The van der Waals surface area contributed by atoms with Gasteiger partial charge in [0.25, 0.3) is 0 Å². The van der Waals surface area contributed by atoms with Crippen molar-refractivity contribution in [2.24, 2.45) is 13.0 Å². The monoisotopic (exact) mass is 318 g/mol. The van der Waals surface area contributed by atoms with E-state index in [1.54, 1.807) is 24.3 Å². The zero-order chi connectivity index (χ0) is 16.8. The van der Waals surface area contributed by atoms with Crippen LogP contribution in [0.15, 0.2) is 30.8 Å². The number of ether oxygens (including phenoxy) is 1. The van der Waals surface area contributed by atoms with Gasteiger partial charge in [-0.3, -0.25) is 9.59 Å². The van der Waals surface area contributed by atoms with Gasteiger partial charge < -0.3 is 19.5 Å². The second-order valence-corrected chi connectivity index (χ2v) is 5.39. The lowest BCUT2D eigenvalue weighted by molar-refractivity contribution is -0.129. The third-order valence-electron chi connectivity index (χ3n) is 3.95. The van der Waals surface area contributed by atoms with Crippen molar-refractivity contribution in [1.29, 1.82) is 0 Å². The standard InChI is InChI=1S/C16H22N4O3/c1-4-5-6-18-16(22)12-11-13(21)20(9-10-23-3)14(12)15-17-7-8-19(15)2/h5,7-8,12,14H,1,6,9-11H2,2-3H3,(H,18,22)/t12-,14-/m0/s1. The summed E-state index contributed by atoms with van der Waals surface area (Å²) >= 11 is 0. The summed E-state index contributed by atoms with van der Waals surface area (Å²) in [4.78, 5) is 30.9. The van der Waals surface area contributed by atoms with Crippen LogP contribution in [0.3, 0.4) is 0 Å². The molecule has 0 aromatic carbocycles. The van der Waals surface area contributed by atoms with E-state index in [1.165, 1.54) is 0 Å². The number of aromatic nitrogens is 2. The van der Waals surface area contributed by atoms with Gasteiger partial charge in [-0.05, 0) is 6.08 Å². The fourth-order valence-electron chi connectivity index (χ4n) is 2.82. The zero-order valence-corrected chi connectivity index (χ0v) is 13.5. The summed E-state index contributed by atoms with van der Waals surface area (Å²) in [5, 5.41) is 2.79. The number of amides is 2. The minimum absolute atomic E-state index is 0.0607. The highest BCUT2D eigenvalue weighted by molar-refractivity contribution is 5.90. The summed E-state index contributed by atoms with van der Waals surface area (Å²) < 4.78 is 6.92. The van der Waals surface area contributed by atoms with Crippen LogP contribution in [0.25, 0.3) is 0 Å². The molecule has 1 aliphatic heterocycles. The minimum atomic E-state index is -0.473. The number of carbonyl (C=O) groups excluding carboxylic acids is 2. The molecule has 0 saturated carbocycles. The molecule has 1 aliphatic rings. The van der Waals surface area contributed by atoms with Gasteiger partial charge in [0, 0.05) is 46.1 Å². The van der Waals surface area contributed by atoms with Gasteiger partial charge in [-0.15, -0.1) is 5.73 Å². The van der Waals surface area contributed by atoms with Crippen LogP contribution < -0.4 is 5.32 Å². The molecular formula is C16H22N4O3. The van der Waals surface area contributed by atoms with Crippen molar-refractivity contribution in [3.05, 3.63) is 36.6 Å². The first-order valence-electron chi connectivity index (χ1n) is 7.47. The lowest BCUT2D eigenvalue weighted by Gasteiger charge is -2.27. The lowest BCUT2D eigenvalue weighted by atomic mass is 9.98. The zero-order valence-electron chi connectivity index (χ0n) is 13.5. The normalized spacial score (nSPS) is 20.4. The largest absolute Gasteiger partial charge is 0.383 e. The van der Waals surface area contributed by atoms with Crippen molar-refractivity contribution in [3.63, 3.8) is 0 Å². The SMILES string of the molecule is C=C=CCNC(=O)[C@H]1CC(=O)N(CCOC)[C@@H]1c1nccn1C. The van der Waals surface area contributed by atoms with E-state index >= 15 is 0 Å². The fraction of sp³-hybridized carbons (Fsp3) is 0.500. The molecule has 7 heteroatoms. The van der Waals surface area contributed by atoms with Crippen molar-refractivity contribution in [1.82, 2.24) is 19.8 Å². The van der Waals surface area contributed by atoms with Crippen molar-refractivity contribution in [3.8, 4) is 0 Å². The average Bonchev–Trinajstić information content (AvgIpc) is 3.08. The van der Waals surface area contributed by atoms with E-state index < -0.39 is 5.92 Å². The van der Waals surface area contributed by atoms with Crippen LogP contribution in [-0.2, 0) is 21.4 Å². The van der Waals surface area contributed by atoms with Gasteiger partial charge in [0.1, 0.15) is 11.9 Å². The third kappa shape index (κ3) is 3.70. The Morgan fingerprint density at radius 3 is 3.04 bits per heavy atom. The van der Waals surface area contributed by atoms with Gasteiger partial charge >= 0.3 is 0 Å². The summed E-state index contributed by atoms with van der Waals surface area (Å²) in [6, 6.07) is -0.384. The Labute approximate surface area is 135 Å². The molecule has 124 valence electrons. The smallest absolute Gasteiger partial charge is 0.226 e. The molecule has 0 aliphatic carbocycles. The van der Waals surface area contributed by atoms with Crippen LogP contribution in [0.5, 0.6) is 0 Å². The highest BCUT2D eigenvalue weighted by atomic mass is 16.5. The van der Waals surface area contributed by atoms with Crippen LogP contribution in [0, 0.1) is 5.92 Å². The summed E-state index contributed by atoms with van der Waals surface area (Å²) in [6.45, 7) is 4.65. The topological polar surface area (TPSA) is 76.5 Å². The predicted octanol–water partition coefficient (Wildman–Crippen LogP) is 0.413. The van der Waals surface area contributed by atoms with Crippen LogP contribution in [0.1, 0.15) is 18.3 Å². The van der Waals surface area contributed by atoms with E-state index in [-0.39, 0.29) is 24.3 Å². The molecule has 1 saturated heterocycles. The first kappa shape index (κ1) is 17.0. The van der Waals surface area contributed by atoms with Crippen molar-refractivity contribution >= 4 is 11.8 Å². The van der Waals surface area contributed by atoms with Crippen LogP contribution >= 0.6 is 0 Å². The van der Waals surface area contributed by atoms with E-state index in [0.29, 0.717) is 25.5 Å². The number of hydrogen-bond acceptors (Lipinski definition) is 4.